The van der Waals surface area contributed by atoms with E-state index in [0.717, 1.165) is 0 Å². The van der Waals surface area contributed by atoms with Crippen LogP contribution in [0.25, 0.3) is 0 Å². The number of rotatable bonds is 6. The number of aromatic nitrogens is 4. The van der Waals surface area contributed by atoms with Crippen molar-refractivity contribution in [3.63, 3.8) is 0 Å². The van der Waals surface area contributed by atoms with Crippen molar-refractivity contribution in [2.45, 2.75) is 30.4 Å². The Morgan fingerprint density at radius 3 is 2.92 bits per heavy atom. The molecule has 24 heavy (non-hydrogen) atoms. The number of alkyl halides is 3. The molecular weight excluding hydrogens is 363 g/mol. The summed E-state index contributed by atoms with van der Waals surface area (Å²) in [5.74, 6) is 0.0471. The van der Waals surface area contributed by atoms with Crippen LogP contribution in [0.2, 0.25) is 0 Å². The van der Waals surface area contributed by atoms with Gasteiger partial charge in [0.1, 0.15) is 10.9 Å². The lowest BCUT2D eigenvalue weighted by molar-refractivity contribution is -0.0329. The van der Waals surface area contributed by atoms with Crippen molar-refractivity contribution in [3.8, 4) is 0 Å². The molecule has 2 aromatic heterocycles. The second-order valence-corrected chi connectivity index (χ2v) is 6.04. The summed E-state index contributed by atoms with van der Waals surface area (Å²) in [5.41, 5.74) is -4.63. The number of pyridine rings is 1. The number of nitrogens with zero attached hydrogens (tertiary/aromatic N) is 3. The molecule has 2 N–H and O–H groups in total. The Labute approximate surface area is 144 Å². The molecule has 11 heteroatoms. The van der Waals surface area contributed by atoms with Crippen molar-refractivity contribution >= 4 is 29.9 Å². The molecule has 2 rings (SSSR count). The minimum atomic E-state index is -4.51. The average Bonchev–Trinajstić information content (AvgIpc) is 2.86. The molecule has 2 aromatic rings. The number of amides is 1. The zero-order valence-corrected chi connectivity index (χ0v) is 14.2. The van der Waals surface area contributed by atoms with Gasteiger partial charge in [-0.3, -0.25) is 9.89 Å². The van der Waals surface area contributed by atoms with Crippen LogP contribution in [0.5, 0.6) is 0 Å². The maximum atomic E-state index is 12.5. The quantitative estimate of drug-likeness (QED) is 0.598. The first-order valence-corrected chi connectivity index (χ1v) is 8.17. The van der Waals surface area contributed by atoms with Crippen LogP contribution >= 0.6 is 24.0 Å². The highest BCUT2D eigenvalue weighted by Gasteiger charge is 2.32. The molecule has 0 bridgehead atoms. The van der Waals surface area contributed by atoms with Crippen molar-refractivity contribution in [2.75, 3.05) is 6.54 Å². The predicted molar refractivity (Wildman–Crippen MR) is 85.3 cm³/mol. The molecule has 0 aliphatic heterocycles. The van der Waals surface area contributed by atoms with E-state index in [-0.39, 0.29) is 17.1 Å². The average molecular weight is 377 g/mol. The highest BCUT2D eigenvalue weighted by atomic mass is 32.2. The molecule has 0 aliphatic carbocycles. The lowest BCUT2D eigenvalue weighted by atomic mass is 10.2. The fraction of sp³-hybridized carbons (Fsp3) is 0.385. The normalized spacial score (nSPS) is 11.5. The number of carbonyl (C=O) groups excluding carboxylic acids is 1. The van der Waals surface area contributed by atoms with Gasteiger partial charge in [-0.15, -0.1) is 0 Å². The largest absolute Gasteiger partial charge is 0.447 e. The molecule has 0 fully saturated rings. The van der Waals surface area contributed by atoms with E-state index in [2.05, 4.69) is 20.5 Å². The van der Waals surface area contributed by atoms with E-state index in [1.54, 1.807) is 4.57 Å². The standard InChI is InChI=1S/C13H14F3N5OS2/c1-2-21-9(19-20-12(21)23)5-7-17-10(22)8-4-3-6-18-11(8)24-13(14,15)16/h3-4,6H,2,5,7H2,1H3,(H,17,22)(H,20,23). The molecule has 0 aliphatic rings. The summed E-state index contributed by atoms with van der Waals surface area (Å²) in [6.45, 7) is 2.75. The van der Waals surface area contributed by atoms with Gasteiger partial charge in [0.15, 0.2) is 4.77 Å². The molecule has 0 saturated heterocycles. The van der Waals surface area contributed by atoms with E-state index in [4.69, 9.17) is 12.2 Å². The van der Waals surface area contributed by atoms with Gasteiger partial charge < -0.3 is 9.88 Å². The Balaban J connectivity index is 2.01. The van der Waals surface area contributed by atoms with Gasteiger partial charge >= 0.3 is 5.51 Å². The van der Waals surface area contributed by atoms with Gasteiger partial charge in [-0.05, 0) is 31.3 Å². The number of hydrogen-bond acceptors (Lipinski definition) is 5. The first kappa shape index (κ1) is 18.5. The van der Waals surface area contributed by atoms with Crippen molar-refractivity contribution < 1.29 is 18.0 Å². The number of hydrogen-bond donors (Lipinski definition) is 2. The summed E-state index contributed by atoms with van der Waals surface area (Å²) < 4.78 is 39.8. The summed E-state index contributed by atoms with van der Waals surface area (Å²) in [5, 5.41) is 8.91. The monoisotopic (exact) mass is 377 g/mol. The molecule has 0 radical (unpaired) electrons. The molecule has 0 atom stereocenters. The third-order valence-electron chi connectivity index (χ3n) is 3.02. The molecule has 0 spiro atoms. The highest BCUT2D eigenvalue weighted by Crippen LogP contribution is 2.37. The summed E-state index contributed by atoms with van der Waals surface area (Å²) in [7, 11) is 0. The minimum absolute atomic E-state index is 0.117. The van der Waals surface area contributed by atoms with Crippen LogP contribution in [-0.4, -0.2) is 37.7 Å². The summed E-state index contributed by atoms with van der Waals surface area (Å²) in [6, 6.07) is 2.72. The molecule has 130 valence electrons. The SMILES string of the molecule is CCn1c(CCNC(=O)c2cccnc2SC(F)(F)F)n[nH]c1=S. The molecule has 0 unspecified atom stereocenters. The molecule has 6 nitrogen and oxygen atoms in total. The van der Waals surface area contributed by atoms with Crippen molar-refractivity contribution in [3.05, 3.63) is 34.5 Å². The molecule has 1 amide bonds. The minimum Gasteiger partial charge on any atom is -0.352 e. The van der Waals surface area contributed by atoms with E-state index in [9.17, 15) is 18.0 Å². The van der Waals surface area contributed by atoms with Crippen molar-refractivity contribution in [2.24, 2.45) is 0 Å². The number of aromatic amines is 1. The third kappa shape index (κ3) is 4.81. The van der Waals surface area contributed by atoms with Crippen LogP contribution in [0.15, 0.2) is 23.4 Å². The number of H-pyrrole nitrogens is 1. The van der Waals surface area contributed by atoms with Gasteiger partial charge in [0.05, 0.1) is 5.56 Å². The van der Waals surface area contributed by atoms with Crippen LogP contribution in [-0.2, 0) is 13.0 Å². The second-order valence-electron chi connectivity index (χ2n) is 4.60. The highest BCUT2D eigenvalue weighted by molar-refractivity contribution is 8.00. The van der Waals surface area contributed by atoms with Gasteiger partial charge in [0.2, 0.25) is 0 Å². The summed E-state index contributed by atoms with van der Waals surface area (Å²) in [4.78, 5) is 15.7. The second kappa shape index (κ2) is 7.79. The van der Waals surface area contributed by atoms with Crippen LogP contribution in [0.1, 0.15) is 23.1 Å². The summed E-state index contributed by atoms with van der Waals surface area (Å²) in [6.07, 6.45) is 1.61. The Hall–Kier alpha value is -1.88. The van der Waals surface area contributed by atoms with Crippen LogP contribution < -0.4 is 5.32 Å². The Morgan fingerprint density at radius 2 is 2.25 bits per heavy atom. The first-order chi connectivity index (χ1) is 11.3. The van der Waals surface area contributed by atoms with E-state index < -0.39 is 23.2 Å². The third-order valence-corrected chi connectivity index (χ3v) is 4.08. The molecule has 0 aromatic carbocycles. The Bertz CT molecular complexity index is 771. The van der Waals surface area contributed by atoms with Gasteiger partial charge in [0.25, 0.3) is 5.91 Å². The Morgan fingerprint density at radius 1 is 1.50 bits per heavy atom. The number of carbonyl (C=O) groups is 1. The fourth-order valence-electron chi connectivity index (χ4n) is 2.00. The van der Waals surface area contributed by atoms with E-state index in [0.29, 0.717) is 23.6 Å². The molecule has 2 heterocycles. The van der Waals surface area contributed by atoms with Crippen molar-refractivity contribution in [1.82, 2.24) is 25.1 Å². The van der Waals surface area contributed by atoms with E-state index in [1.165, 1.54) is 18.3 Å². The van der Waals surface area contributed by atoms with Gasteiger partial charge in [0, 0.05) is 37.5 Å². The van der Waals surface area contributed by atoms with E-state index >= 15 is 0 Å². The molecular formula is C13H14F3N5OS2. The maximum absolute atomic E-state index is 12.5. The number of thioether (sulfide) groups is 1. The van der Waals surface area contributed by atoms with Gasteiger partial charge in [-0.1, -0.05) is 0 Å². The fourth-order valence-corrected chi connectivity index (χ4v) is 2.89. The lowest BCUT2D eigenvalue weighted by Crippen LogP contribution is -2.27. The molecule has 0 saturated carbocycles. The van der Waals surface area contributed by atoms with Gasteiger partial charge in [-0.25, -0.2) is 4.98 Å². The number of halogens is 3. The zero-order valence-electron chi connectivity index (χ0n) is 12.6. The topological polar surface area (TPSA) is 75.6 Å². The van der Waals surface area contributed by atoms with Gasteiger partial charge in [-0.2, -0.15) is 18.3 Å². The van der Waals surface area contributed by atoms with E-state index in [1.807, 2.05) is 6.92 Å². The van der Waals surface area contributed by atoms with Crippen LogP contribution in [0.4, 0.5) is 13.2 Å². The maximum Gasteiger partial charge on any atom is 0.447 e. The predicted octanol–water partition coefficient (Wildman–Crippen LogP) is 2.94. The number of nitrogens with one attached hydrogen (secondary N) is 2. The summed E-state index contributed by atoms with van der Waals surface area (Å²) >= 11 is 4.65. The Kier molecular flexibility index (Phi) is 5.99. The zero-order chi connectivity index (χ0) is 17.7. The van der Waals surface area contributed by atoms with Crippen LogP contribution in [0, 0.1) is 4.77 Å². The van der Waals surface area contributed by atoms with Crippen LogP contribution in [0.3, 0.4) is 0 Å². The van der Waals surface area contributed by atoms with Crippen molar-refractivity contribution in [1.29, 1.82) is 0 Å². The first-order valence-electron chi connectivity index (χ1n) is 6.95. The lowest BCUT2D eigenvalue weighted by Gasteiger charge is -2.10. The smallest absolute Gasteiger partial charge is 0.352 e.